The van der Waals surface area contributed by atoms with E-state index in [-0.39, 0.29) is 36.5 Å². The van der Waals surface area contributed by atoms with Gasteiger partial charge >= 0.3 is 7.12 Å². The van der Waals surface area contributed by atoms with E-state index >= 15 is 0 Å². The molecule has 1 aliphatic carbocycles. The molecule has 4 atom stereocenters. The summed E-state index contributed by atoms with van der Waals surface area (Å²) in [7, 11) is -4.36. The van der Waals surface area contributed by atoms with E-state index in [0.29, 0.717) is 29.1 Å². The molecule has 0 bridgehead atoms. The third-order valence-electron chi connectivity index (χ3n) is 11.4. The van der Waals surface area contributed by atoms with Crippen LogP contribution in [0.5, 0.6) is 0 Å². The fourth-order valence-electron chi connectivity index (χ4n) is 8.97. The lowest BCUT2D eigenvalue weighted by Gasteiger charge is -2.45. The Balaban J connectivity index is 1.17. The Labute approximate surface area is 322 Å². The summed E-state index contributed by atoms with van der Waals surface area (Å²) in [4.78, 5) is 30.4. The summed E-state index contributed by atoms with van der Waals surface area (Å²) in [6.07, 6.45) is -0.132. The first-order chi connectivity index (χ1) is 26.6. The van der Waals surface area contributed by atoms with Gasteiger partial charge in [0.15, 0.2) is 0 Å². The summed E-state index contributed by atoms with van der Waals surface area (Å²) in [6.45, 7) is 6.51. The van der Waals surface area contributed by atoms with Gasteiger partial charge in [0, 0.05) is 11.4 Å². The normalized spacial score (nSPS) is 21.5. The number of carbonyl (C=O) groups is 2. The zero-order valence-electron chi connectivity index (χ0n) is 31.2. The molecule has 3 heterocycles. The number of fused-ring (bicyclic) bond motifs is 3. The molecule has 2 aliphatic heterocycles. The van der Waals surface area contributed by atoms with Gasteiger partial charge in [0.1, 0.15) is 24.2 Å². The fraction of sp³-hybridized carbons (Fsp3) is 0.273. The van der Waals surface area contributed by atoms with Crippen LogP contribution in [0.2, 0.25) is 5.04 Å². The number of hydrogen-bond donors (Lipinski definition) is 3. The lowest BCUT2D eigenvalue weighted by Crippen LogP contribution is -2.66. The van der Waals surface area contributed by atoms with Crippen molar-refractivity contribution in [3.63, 3.8) is 0 Å². The average molecular weight is 753 g/mol. The average Bonchev–Trinajstić information content (AvgIpc) is 3.78. The Morgan fingerprint density at radius 3 is 1.98 bits per heavy atom. The third-order valence-corrected chi connectivity index (χ3v) is 16.4. The number of amides is 2. The molecule has 0 radical (unpaired) electrons. The van der Waals surface area contributed by atoms with Gasteiger partial charge in [0.25, 0.3) is 8.32 Å². The molecule has 55 heavy (non-hydrogen) atoms. The van der Waals surface area contributed by atoms with Crippen molar-refractivity contribution in [3.05, 3.63) is 150 Å². The van der Waals surface area contributed by atoms with Crippen molar-refractivity contribution in [3.8, 4) is 0 Å². The van der Waals surface area contributed by atoms with E-state index in [9.17, 15) is 19.7 Å². The summed E-state index contributed by atoms with van der Waals surface area (Å²) in [5, 5.41) is 26.9. The first-order valence-electron chi connectivity index (χ1n) is 18.9. The third kappa shape index (κ3) is 6.70. The zero-order chi connectivity index (χ0) is 38.3. The van der Waals surface area contributed by atoms with Crippen molar-refractivity contribution in [1.29, 1.82) is 0 Å². The van der Waals surface area contributed by atoms with Crippen LogP contribution in [0, 0.1) is 17.8 Å². The maximum atomic E-state index is 14.6. The minimum Gasteiger partial charge on any atom is -0.461 e. The highest BCUT2D eigenvalue weighted by Gasteiger charge is 2.59. The number of anilines is 3. The van der Waals surface area contributed by atoms with Crippen molar-refractivity contribution in [2.24, 2.45) is 17.8 Å². The largest absolute Gasteiger partial charge is 0.487 e. The molecule has 0 saturated carbocycles. The number of nitrogens with zero attached hydrogens (tertiary/aromatic N) is 1. The smallest absolute Gasteiger partial charge is 0.461 e. The summed E-state index contributed by atoms with van der Waals surface area (Å²) in [5.41, 5.74) is 3.64. The summed E-state index contributed by atoms with van der Waals surface area (Å²) in [5.74, 6) is -1.63. The molecular weight excluding hydrogens is 707 g/mol. The number of nitrogens with one attached hydrogen (secondary N) is 1. The van der Waals surface area contributed by atoms with Crippen molar-refractivity contribution in [1.82, 2.24) is 0 Å². The second kappa shape index (κ2) is 14.9. The van der Waals surface area contributed by atoms with Crippen LogP contribution in [-0.4, -0.2) is 44.0 Å². The highest BCUT2D eigenvalue weighted by atomic mass is 28.4. The molecule has 0 spiro atoms. The number of aliphatic hydroxyl groups excluding tert-OH is 1. The summed E-state index contributed by atoms with van der Waals surface area (Å²) >= 11 is 0. The molecule has 3 aliphatic rings. The van der Waals surface area contributed by atoms with Crippen LogP contribution in [0.3, 0.4) is 0 Å². The first-order valence-corrected chi connectivity index (χ1v) is 20.8. The lowest BCUT2D eigenvalue weighted by atomic mass is 9.55. The Kier molecular flexibility index (Phi) is 10.00. The van der Waals surface area contributed by atoms with E-state index in [1.807, 2.05) is 78.9 Å². The van der Waals surface area contributed by atoms with E-state index in [1.165, 1.54) is 4.90 Å². The molecule has 2 amide bonds. The van der Waals surface area contributed by atoms with Gasteiger partial charge in [-0.2, -0.15) is 0 Å². The molecule has 2 saturated heterocycles. The molecule has 9 nitrogen and oxygen atoms in total. The molecule has 280 valence electrons. The van der Waals surface area contributed by atoms with E-state index in [2.05, 4.69) is 50.4 Å². The SMILES string of the molecule is CC(C)(C)[Si](OCC1=C2B(O)O[C@H](c3ccc(CO)o3)C[C@H]2[C@H]2C(=O)N(c3ccc(Nc4ccccc4)cc3)C(=O)[C@H]2C1)(c1ccccc1)c1ccccc1. The predicted molar refractivity (Wildman–Crippen MR) is 215 cm³/mol. The molecule has 0 unspecified atom stereocenters. The number of carbonyl (C=O) groups excluding carboxylic acids is 2. The molecular formula is C44H45BN2O7Si. The minimum absolute atomic E-state index is 0.157. The Morgan fingerprint density at radius 1 is 0.800 bits per heavy atom. The van der Waals surface area contributed by atoms with E-state index in [1.54, 1.807) is 24.3 Å². The second-order valence-corrected chi connectivity index (χ2v) is 20.0. The first kappa shape index (κ1) is 36.9. The van der Waals surface area contributed by atoms with E-state index in [4.69, 9.17) is 13.5 Å². The van der Waals surface area contributed by atoms with Gasteiger partial charge in [-0.05, 0) is 93.7 Å². The minimum atomic E-state index is -3.01. The van der Waals surface area contributed by atoms with Gasteiger partial charge in [-0.1, -0.05) is 99.6 Å². The van der Waals surface area contributed by atoms with Crippen molar-refractivity contribution in [2.75, 3.05) is 16.8 Å². The van der Waals surface area contributed by atoms with Crippen LogP contribution in [0.1, 0.15) is 51.2 Å². The van der Waals surface area contributed by atoms with Crippen LogP contribution in [0.15, 0.2) is 143 Å². The summed E-state index contributed by atoms with van der Waals surface area (Å²) in [6, 6.07) is 41.2. The van der Waals surface area contributed by atoms with Crippen molar-refractivity contribution < 1.29 is 33.2 Å². The number of rotatable bonds is 10. The number of para-hydroxylation sites is 1. The standard InChI is InChI=1S/C44H45BN2O7Si/c1-44(2,3)55(34-15-9-5-10-16-34,35-17-11-6-12-18-35)52-28-29-25-37-40(36-26-39(54-45(51)41(29)36)38-24-23-33(27-48)53-38)43(50)47(42(37)49)32-21-19-31(20-22-32)46-30-13-7-4-8-14-30/h4-24,36-37,39-40,46,48,51H,25-28H2,1-3H3/t36-,37-,39-,40+/m0/s1. The number of furan rings is 1. The topological polar surface area (TPSA) is 121 Å². The van der Waals surface area contributed by atoms with Gasteiger partial charge in [0.2, 0.25) is 11.8 Å². The molecule has 1 aromatic heterocycles. The Hall–Kier alpha value is -5.04. The molecule has 2 fully saturated rings. The summed E-state index contributed by atoms with van der Waals surface area (Å²) < 4.78 is 19.5. The van der Waals surface area contributed by atoms with E-state index < -0.39 is 39.3 Å². The monoisotopic (exact) mass is 752 g/mol. The van der Waals surface area contributed by atoms with Crippen molar-refractivity contribution in [2.45, 2.75) is 51.4 Å². The van der Waals surface area contributed by atoms with Crippen LogP contribution in [0.25, 0.3) is 0 Å². The molecule has 3 N–H and O–H groups in total. The highest BCUT2D eigenvalue weighted by molar-refractivity contribution is 6.99. The van der Waals surface area contributed by atoms with Gasteiger partial charge < -0.3 is 28.9 Å². The van der Waals surface area contributed by atoms with Crippen LogP contribution < -0.4 is 20.6 Å². The van der Waals surface area contributed by atoms with E-state index in [0.717, 1.165) is 27.3 Å². The van der Waals surface area contributed by atoms with Gasteiger partial charge in [-0.3, -0.25) is 14.5 Å². The molecule has 4 aromatic carbocycles. The van der Waals surface area contributed by atoms with Gasteiger partial charge in [-0.15, -0.1) is 0 Å². The van der Waals surface area contributed by atoms with Gasteiger partial charge in [-0.25, -0.2) is 0 Å². The molecule has 8 rings (SSSR count). The molecule has 5 aromatic rings. The number of allylic oxidation sites excluding steroid dienone is 1. The molecule has 11 heteroatoms. The fourth-order valence-corrected chi connectivity index (χ4v) is 13.5. The van der Waals surface area contributed by atoms with Crippen molar-refractivity contribution >= 4 is 54.7 Å². The van der Waals surface area contributed by atoms with Crippen LogP contribution in [-0.2, 0) is 25.3 Å². The van der Waals surface area contributed by atoms with Gasteiger partial charge in [0.05, 0.1) is 24.1 Å². The maximum absolute atomic E-state index is 14.6. The lowest BCUT2D eigenvalue weighted by molar-refractivity contribution is -0.123. The number of aliphatic hydroxyl groups is 1. The zero-order valence-corrected chi connectivity index (χ0v) is 32.2. The Morgan fingerprint density at radius 2 is 1.40 bits per heavy atom. The predicted octanol–water partition coefficient (Wildman–Crippen LogP) is 6.70. The van der Waals surface area contributed by atoms with Crippen LogP contribution >= 0.6 is 0 Å². The maximum Gasteiger partial charge on any atom is 0.487 e. The number of imide groups is 1. The Bertz CT molecular complexity index is 2150. The number of benzene rings is 4. The number of hydrogen-bond acceptors (Lipinski definition) is 8. The quantitative estimate of drug-likeness (QED) is 0.107. The highest BCUT2D eigenvalue weighted by Crippen LogP contribution is 2.52. The second-order valence-electron chi connectivity index (χ2n) is 15.7. The van der Waals surface area contributed by atoms with Crippen LogP contribution in [0.4, 0.5) is 17.1 Å².